The number of thioether (sulfide) groups is 1. The molecule has 0 aliphatic rings. The number of methoxy groups -OCH3 is 1. The van der Waals surface area contributed by atoms with Crippen molar-refractivity contribution in [2.45, 2.75) is 19.0 Å². The summed E-state index contributed by atoms with van der Waals surface area (Å²) in [6.07, 6.45) is 0. The van der Waals surface area contributed by atoms with Crippen LogP contribution in [-0.2, 0) is 4.79 Å². The van der Waals surface area contributed by atoms with Crippen molar-refractivity contribution in [3.05, 3.63) is 83.9 Å². The fourth-order valence-electron chi connectivity index (χ4n) is 3.41. The van der Waals surface area contributed by atoms with E-state index in [2.05, 4.69) is 21.6 Å². The maximum atomic E-state index is 12.6. The number of ketones is 1. The standard InChI is InChI=1S/C26H24N4O3S/c1-17-5-4-6-20(15-17)25-28-29-26(30(25)22-11-13-23(33-3)14-12-22)34-16-24(32)27-21-9-7-19(8-10-21)18(2)31/h4-15H,16H2,1-3H3,(H,27,32). The predicted octanol–water partition coefficient (Wildman–Crippen LogP) is 5.18. The number of rotatable bonds is 8. The minimum atomic E-state index is -0.179. The van der Waals surface area contributed by atoms with Crippen molar-refractivity contribution >= 4 is 29.1 Å². The molecular formula is C26H24N4O3S. The molecule has 0 radical (unpaired) electrons. The Balaban J connectivity index is 1.57. The van der Waals surface area contributed by atoms with Gasteiger partial charge in [-0.05, 0) is 68.4 Å². The number of nitrogens with zero attached hydrogens (tertiary/aromatic N) is 3. The van der Waals surface area contributed by atoms with Crippen molar-refractivity contribution in [3.63, 3.8) is 0 Å². The van der Waals surface area contributed by atoms with Gasteiger partial charge in [0.15, 0.2) is 16.8 Å². The van der Waals surface area contributed by atoms with Gasteiger partial charge in [0.25, 0.3) is 0 Å². The smallest absolute Gasteiger partial charge is 0.234 e. The second kappa shape index (κ2) is 10.4. The Morgan fingerprint density at radius 1 is 1.00 bits per heavy atom. The van der Waals surface area contributed by atoms with E-state index in [4.69, 9.17) is 4.74 Å². The highest BCUT2D eigenvalue weighted by atomic mass is 32.2. The number of aromatic nitrogens is 3. The molecule has 1 heterocycles. The Morgan fingerprint density at radius 2 is 1.74 bits per heavy atom. The number of hydrogen-bond donors (Lipinski definition) is 1. The molecule has 0 atom stereocenters. The van der Waals surface area contributed by atoms with Crippen molar-refractivity contribution in [1.29, 1.82) is 0 Å². The van der Waals surface area contributed by atoms with E-state index < -0.39 is 0 Å². The van der Waals surface area contributed by atoms with E-state index in [-0.39, 0.29) is 17.4 Å². The SMILES string of the molecule is COc1ccc(-n2c(SCC(=O)Nc3ccc(C(C)=O)cc3)nnc2-c2cccc(C)c2)cc1. The molecule has 4 aromatic rings. The lowest BCUT2D eigenvalue weighted by Crippen LogP contribution is -2.14. The van der Waals surface area contributed by atoms with Crippen LogP contribution >= 0.6 is 11.8 Å². The average Bonchev–Trinajstić information content (AvgIpc) is 3.27. The summed E-state index contributed by atoms with van der Waals surface area (Å²) >= 11 is 1.30. The molecule has 0 fully saturated rings. The van der Waals surface area contributed by atoms with Gasteiger partial charge in [-0.25, -0.2) is 0 Å². The Bertz CT molecular complexity index is 1310. The van der Waals surface area contributed by atoms with Crippen molar-refractivity contribution in [3.8, 4) is 22.8 Å². The highest BCUT2D eigenvalue weighted by molar-refractivity contribution is 7.99. The van der Waals surface area contributed by atoms with Crippen molar-refractivity contribution in [2.75, 3.05) is 18.2 Å². The fraction of sp³-hybridized carbons (Fsp3) is 0.154. The lowest BCUT2D eigenvalue weighted by molar-refractivity contribution is -0.113. The molecule has 8 heteroatoms. The summed E-state index contributed by atoms with van der Waals surface area (Å²) in [6.45, 7) is 3.54. The molecule has 0 bridgehead atoms. The van der Waals surface area contributed by atoms with Gasteiger partial charge in [-0.1, -0.05) is 35.5 Å². The summed E-state index contributed by atoms with van der Waals surface area (Å²) in [6, 6.07) is 22.5. The van der Waals surface area contributed by atoms with E-state index in [1.807, 2.05) is 54.0 Å². The molecule has 0 saturated carbocycles. The second-order valence-electron chi connectivity index (χ2n) is 7.68. The zero-order chi connectivity index (χ0) is 24.1. The summed E-state index contributed by atoms with van der Waals surface area (Å²) in [5, 5.41) is 12.3. The first kappa shape index (κ1) is 23.3. The molecule has 0 unspecified atom stereocenters. The van der Waals surface area contributed by atoms with E-state index in [1.54, 1.807) is 31.4 Å². The second-order valence-corrected chi connectivity index (χ2v) is 8.62. The van der Waals surface area contributed by atoms with Gasteiger partial charge < -0.3 is 10.1 Å². The first-order chi connectivity index (χ1) is 16.4. The third-order valence-electron chi connectivity index (χ3n) is 5.15. The molecule has 0 saturated heterocycles. The highest BCUT2D eigenvalue weighted by Gasteiger charge is 2.18. The molecule has 1 aromatic heterocycles. The number of nitrogens with one attached hydrogen (secondary N) is 1. The summed E-state index contributed by atoms with van der Waals surface area (Å²) in [7, 11) is 1.62. The number of benzene rings is 3. The Hall–Kier alpha value is -3.91. The molecule has 4 rings (SSSR count). The van der Waals surface area contributed by atoms with Crippen LogP contribution in [0.2, 0.25) is 0 Å². The molecule has 1 N–H and O–H groups in total. The van der Waals surface area contributed by atoms with Crippen LogP contribution in [0.15, 0.2) is 78.0 Å². The van der Waals surface area contributed by atoms with Crippen LogP contribution < -0.4 is 10.1 Å². The minimum absolute atomic E-state index is 0.0179. The van der Waals surface area contributed by atoms with Gasteiger partial charge in [0, 0.05) is 22.5 Å². The topological polar surface area (TPSA) is 86.1 Å². The maximum Gasteiger partial charge on any atom is 0.234 e. The van der Waals surface area contributed by atoms with E-state index >= 15 is 0 Å². The van der Waals surface area contributed by atoms with Gasteiger partial charge in [0.2, 0.25) is 5.91 Å². The van der Waals surface area contributed by atoms with Gasteiger partial charge >= 0.3 is 0 Å². The van der Waals surface area contributed by atoms with Crippen LogP contribution in [0.1, 0.15) is 22.8 Å². The predicted molar refractivity (Wildman–Crippen MR) is 134 cm³/mol. The van der Waals surface area contributed by atoms with Gasteiger partial charge in [-0.3, -0.25) is 14.2 Å². The number of anilines is 1. The first-order valence-corrected chi connectivity index (χ1v) is 11.6. The third kappa shape index (κ3) is 5.35. The highest BCUT2D eigenvalue weighted by Crippen LogP contribution is 2.29. The normalized spacial score (nSPS) is 10.7. The average molecular weight is 473 g/mol. The maximum absolute atomic E-state index is 12.6. The Morgan fingerprint density at radius 3 is 2.38 bits per heavy atom. The fourth-order valence-corrected chi connectivity index (χ4v) is 4.17. The van der Waals surface area contributed by atoms with Crippen LogP contribution in [0.4, 0.5) is 5.69 Å². The summed E-state index contributed by atoms with van der Waals surface area (Å²) in [5.74, 6) is 1.39. The molecule has 34 heavy (non-hydrogen) atoms. The van der Waals surface area contributed by atoms with E-state index in [0.717, 1.165) is 22.6 Å². The molecule has 0 aliphatic heterocycles. The number of aryl methyl sites for hydroxylation is 1. The molecule has 0 aliphatic carbocycles. The lowest BCUT2D eigenvalue weighted by atomic mass is 10.1. The summed E-state index contributed by atoms with van der Waals surface area (Å²) < 4.78 is 7.22. The summed E-state index contributed by atoms with van der Waals surface area (Å²) in [4.78, 5) is 24.0. The molecule has 172 valence electrons. The van der Waals surface area contributed by atoms with E-state index in [0.29, 0.717) is 22.2 Å². The van der Waals surface area contributed by atoms with Crippen LogP contribution in [0.3, 0.4) is 0 Å². The molecular weight excluding hydrogens is 448 g/mol. The number of amides is 1. The number of carbonyl (C=O) groups excluding carboxylic acids is 2. The number of carbonyl (C=O) groups is 2. The van der Waals surface area contributed by atoms with Crippen LogP contribution in [0, 0.1) is 6.92 Å². The summed E-state index contributed by atoms with van der Waals surface area (Å²) in [5.41, 5.74) is 4.15. The van der Waals surface area contributed by atoms with Crippen molar-refractivity contribution in [2.24, 2.45) is 0 Å². The van der Waals surface area contributed by atoms with Gasteiger partial charge in [0.05, 0.1) is 12.9 Å². The lowest BCUT2D eigenvalue weighted by Gasteiger charge is -2.11. The van der Waals surface area contributed by atoms with Crippen LogP contribution in [0.5, 0.6) is 5.75 Å². The molecule has 7 nitrogen and oxygen atoms in total. The van der Waals surface area contributed by atoms with Crippen molar-refractivity contribution < 1.29 is 14.3 Å². The van der Waals surface area contributed by atoms with E-state index in [9.17, 15) is 9.59 Å². The number of hydrogen-bond acceptors (Lipinski definition) is 6. The minimum Gasteiger partial charge on any atom is -0.497 e. The van der Waals surface area contributed by atoms with Crippen molar-refractivity contribution in [1.82, 2.24) is 14.8 Å². The van der Waals surface area contributed by atoms with Gasteiger partial charge in [-0.15, -0.1) is 10.2 Å². The largest absolute Gasteiger partial charge is 0.497 e. The zero-order valence-corrected chi connectivity index (χ0v) is 19.9. The van der Waals surface area contributed by atoms with Gasteiger partial charge in [0.1, 0.15) is 5.75 Å². The van der Waals surface area contributed by atoms with Crippen LogP contribution in [-0.4, -0.2) is 39.3 Å². The van der Waals surface area contributed by atoms with Crippen LogP contribution in [0.25, 0.3) is 17.1 Å². The zero-order valence-electron chi connectivity index (χ0n) is 19.1. The Kier molecular flexibility index (Phi) is 7.08. The number of Topliss-reactive ketones (excluding diaryl/α,β-unsaturated/α-hetero) is 1. The molecule has 3 aromatic carbocycles. The third-order valence-corrected chi connectivity index (χ3v) is 6.08. The monoisotopic (exact) mass is 472 g/mol. The number of ether oxygens (including phenoxy) is 1. The van der Waals surface area contributed by atoms with Gasteiger partial charge in [-0.2, -0.15) is 0 Å². The van der Waals surface area contributed by atoms with E-state index in [1.165, 1.54) is 18.7 Å². The molecule has 0 spiro atoms. The Labute approximate surface area is 202 Å². The molecule has 1 amide bonds. The first-order valence-electron chi connectivity index (χ1n) is 10.6. The quantitative estimate of drug-likeness (QED) is 0.281.